The van der Waals surface area contributed by atoms with Crippen molar-refractivity contribution >= 4 is 17.6 Å². The van der Waals surface area contributed by atoms with Gasteiger partial charge in [0.05, 0.1) is 22.6 Å². The maximum absolute atomic E-state index is 13.3. The quantitative estimate of drug-likeness (QED) is 0.874. The SMILES string of the molecule is NC(Cc1cn(-c2ccc(Cl)c(F)c2)nn1)C(=O)O. The van der Waals surface area contributed by atoms with Crippen LogP contribution >= 0.6 is 11.6 Å². The van der Waals surface area contributed by atoms with E-state index in [-0.39, 0.29) is 11.4 Å². The molecular weight excluding hydrogens is 275 g/mol. The summed E-state index contributed by atoms with van der Waals surface area (Å²) in [6.45, 7) is 0. The maximum atomic E-state index is 13.3. The number of carboxylic acid groups (broad SMARTS) is 1. The number of rotatable bonds is 4. The van der Waals surface area contributed by atoms with Crippen LogP contribution in [0.2, 0.25) is 5.02 Å². The maximum Gasteiger partial charge on any atom is 0.320 e. The zero-order valence-corrected chi connectivity index (χ0v) is 10.4. The van der Waals surface area contributed by atoms with Gasteiger partial charge in [0.1, 0.15) is 11.9 Å². The standard InChI is InChI=1S/C11H10ClFN4O2/c12-8-2-1-7(4-9(8)13)17-5-6(15-16-17)3-10(14)11(18)19/h1-2,4-5,10H,3,14H2,(H,18,19). The van der Waals surface area contributed by atoms with Gasteiger partial charge in [0.2, 0.25) is 0 Å². The second kappa shape index (κ2) is 5.33. The minimum absolute atomic E-state index is 0.0111. The summed E-state index contributed by atoms with van der Waals surface area (Å²) < 4.78 is 14.6. The molecule has 0 aliphatic carbocycles. The van der Waals surface area contributed by atoms with Crippen molar-refractivity contribution in [2.45, 2.75) is 12.5 Å². The second-order valence-electron chi connectivity index (χ2n) is 3.90. The molecule has 0 amide bonds. The molecule has 1 aromatic heterocycles. The van der Waals surface area contributed by atoms with Gasteiger partial charge in [-0.05, 0) is 12.1 Å². The van der Waals surface area contributed by atoms with Crippen LogP contribution in [0.3, 0.4) is 0 Å². The van der Waals surface area contributed by atoms with Crippen LogP contribution in [-0.4, -0.2) is 32.1 Å². The summed E-state index contributed by atoms with van der Waals surface area (Å²) in [6, 6.07) is 3.13. The number of halogens is 2. The van der Waals surface area contributed by atoms with E-state index in [0.717, 1.165) is 0 Å². The molecule has 0 spiro atoms. The molecule has 2 rings (SSSR count). The molecule has 8 heteroatoms. The van der Waals surface area contributed by atoms with Gasteiger partial charge in [-0.3, -0.25) is 4.79 Å². The number of carboxylic acids is 1. The Morgan fingerprint density at radius 3 is 2.95 bits per heavy atom. The van der Waals surface area contributed by atoms with Crippen LogP contribution in [0.15, 0.2) is 24.4 Å². The van der Waals surface area contributed by atoms with Crippen LogP contribution < -0.4 is 5.73 Å². The normalized spacial score (nSPS) is 12.4. The summed E-state index contributed by atoms with van der Waals surface area (Å²) in [5.74, 6) is -1.69. The number of aromatic nitrogens is 3. The fourth-order valence-corrected chi connectivity index (χ4v) is 1.58. The van der Waals surface area contributed by atoms with Crippen molar-refractivity contribution in [2.24, 2.45) is 5.73 Å². The molecule has 3 N–H and O–H groups in total. The highest BCUT2D eigenvalue weighted by molar-refractivity contribution is 6.30. The molecule has 0 fully saturated rings. The average molecular weight is 285 g/mol. The van der Waals surface area contributed by atoms with Gasteiger partial charge < -0.3 is 10.8 Å². The van der Waals surface area contributed by atoms with E-state index >= 15 is 0 Å². The van der Waals surface area contributed by atoms with Crippen LogP contribution in [0.5, 0.6) is 0 Å². The van der Waals surface area contributed by atoms with Crippen molar-refractivity contribution in [3.63, 3.8) is 0 Å². The number of hydrogen-bond donors (Lipinski definition) is 2. The molecule has 0 saturated heterocycles. The van der Waals surface area contributed by atoms with Crippen LogP contribution in [0.25, 0.3) is 5.69 Å². The van der Waals surface area contributed by atoms with E-state index in [1.54, 1.807) is 6.07 Å². The Bertz CT molecular complexity index is 616. The van der Waals surface area contributed by atoms with Crippen molar-refractivity contribution in [1.82, 2.24) is 15.0 Å². The molecule has 1 heterocycles. The number of hydrogen-bond acceptors (Lipinski definition) is 4. The first-order chi connectivity index (χ1) is 8.97. The van der Waals surface area contributed by atoms with E-state index in [1.807, 2.05) is 0 Å². The van der Waals surface area contributed by atoms with E-state index in [9.17, 15) is 9.18 Å². The summed E-state index contributed by atoms with van der Waals surface area (Å²) >= 11 is 5.57. The number of carbonyl (C=O) groups is 1. The highest BCUT2D eigenvalue weighted by Gasteiger charge is 2.15. The lowest BCUT2D eigenvalue weighted by molar-refractivity contribution is -0.138. The van der Waals surface area contributed by atoms with E-state index < -0.39 is 17.8 Å². The predicted molar refractivity (Wildman–Crippen MR) is 65.6 cm³/mol. The number of benzene rings is 1. The first-order valence-electron chi connectivity index (χ1n) is 5.32. The monoisotopic (exact) mass is 284 g/mol. The van der Waals surface area contributed by atoms with Crippen LogP contribution in [0.4, 0.5) is 4.39 Å². The van der Waals surface area contributed by atoms with Crippen molar-refractivity contribution in [3.8, 4) is 5.69 Å². The Kier molecular flexibility index (Phi) is 3.77. The molecule has 100 valence electrons. The molecule has 1 unspecified atom stereocenters. The van der Waals surface area contributed by atoms with Crippen molar-refractivity contribution in [1.29, 1.82) is 0 Å². The van der Waals surface area contributed by atoms with Crippen molar-refractivity contribution < 1.29 is 14.3 Å². The molecule has 19 heavy (non-hydrogen) atoms. The summed E-state index contributed by atoms with van der Waals surface area (Å²) in [5.41, 5.74) is 6.23. The zero-order chi connectivity index (χ0) is 14.0. The van der Waals surface area contributed by atoms with Gasteiger partial charge in [-0.1, -0.05) is 16.8 Å². The topological polar surface area (TPSA) is 94.0 Å². The fourth-order valence-electron chi connectivity index (χ4n) is 1.46. The molecule has 0 aliphatic heterocycles. The summed E-state index contributed by atoms with van der Waals surface area (Å²) in [6.07, 6.45) is 1.54. The molecule has 1 aromatic carbocycles. The van der Waals surface area contributed by atoms with E-state index in [4.69, 9.17) is 22.4 Å². The van der Waals surface area contributed by atoms with Gasteiger partial charge in [0.25, 0.3) is 0 Å². The van der Waals surface area contributed by atoms with Gasteiger partial charge in [0, 0.05) is 12.5 Å². The highest BCUT2D eigenvalue weighted by Crippen LogP contribution is 2.17. The van der Waals surface area contributed by atoms with Gasteiger partial charge in [0.15, 0.2) is 0 Å². The zero-order valence-electron chi connectivity index (χ0n) is 9.62. The van der Waals surface area contributed by atoms with E-state index in [0.29, 0.717) is 11.4 Å². The Labute approximate surface area is 112 Å². The number of nitrogens with zero attached hydrogens (tertiary/aromatic N) is 3. The van der Waals surface area contributed by atoms with Gasteiger partial charge in [-0.15, -0.1) is 5.10 Å². The number of aliphatic carboxylic acids is 1. The Hall–Kier alpha value is -1.99. The third-order valence-electron chi connectivity index (χ3n) is 2.45. The van der Waals surface area contributed by atoms with Gasteiger partial charge >= 0.3 is 5.97 Å². The van der Waals surface area contributed by atoms with E-state index in [2.05, 4.69) is 10.3 Å². The lowest BCUT2D eigenvalue weighted by Gasteiger charge is -2.02. The Balaban J connectivity index is 2.20. The lowest BCUT2D eigenvalue weighted by atomic mass is 10.2. The molecular formula is C11H10ClFN4O2. The molecule has 6 nitrogen and oxygen atoms in total. The molecule has 0 aliphatic rings. The second-order valence-corrected chi connectivity index (χ2v) is 4.31. The van der Waals surface area contributed by atoms with Crippen LogP contribution in [0, 0.1) is 5.82 Å². The highest BCUT2D eigenvalue weighted by atomic mass is 35.5. The minimum atomic E-state index is -1.12. The molecule has 0 saturated carbocycles. The van der Waals surface area contributed by atoms with Crippen LogP contribution in [0.1, 0.15) is 5.69 Å². The summed E-state index contributed by atoms with van der Waals surface area (Å²) in [5, 5.41) is 16.3. The number of nitrogens with two attached hydrogens (primary N) is 1. The summed E-state index contributed by atoms with van der Waals surface area (Å²) in [7, 11) is 0. The molecule has 2 aromatic rings. The van der Waals surface area contributed by atoms with Crippen molar-refractivity contribution in [2.75, 3.05) is 0 Å². The smallest absolute Gasteiger partial charge is 0.320 e. The molecule has 0 bridgehead atoms. The molecule has 0 radical (unpaired) electrons. The lowest BCUT2D eigenvalue weighted by Crippen LogP contribution is -2.32. The van der Waals surface area contributed by atoms with E-state index in [1.165, 1.54) is 23.0 Å². The van der Waals surface area contributed by atoms with Gasteiger partial charge in [-0.2, -0.15) is 0 Å². The fraction of sp³-hybridized carbons (Fsp3) is 0.182. The Morgan fingerprint density at radius 1 is 1.58 bits per heavy atom. The van der Waals surface area contributed by atoms with Gasteiger partial charge in [-0.25, -0.2) is 9.07 Å². The molecule has 1 atom stereocenters. The predicted octanol–water partition coefficient (Wildman–Crippen LogP) is 1.01. The van der Waals surface area contributed by atoms with Crippen molar-refractivity contribution in [3.05, 3.63) is 40.9 Å². The third-order valence-corrected chi connectivity index (χ3v) is 2.76. The largest absolute Gasteiger partial charge is 0.480 e. The first-order valence-corrected chi connectivity index (χ1v) is 5.70. The van der Waals surface area contributed by atoms with Crippen LogP contribution in [-0.2, 0) is 11.2 Å². The minimum Gasteiger partial charge on any atom is -0.480 e. The average Bonchev–Trinajstić information content (AvgIpc) is 2.81. The summed E-state index contributed by atoms with van der Waals surface area (Å²) in [4.78, 5) is 10.6. The Morgan fingerprint density at radius 2 is 2.32 bits per heavy atom. The third kappa shape index (κ3) is 3.07. The first kappa shape index (κ1) is 13.4.